The zero-order valence-electron chi connectivity index (χ0n) is 40.3. The fourth-order valence-corrected chi connectivity index (χ4v) is 8.63. The molecule has 0 aromatic rings. The van der Waals surface area contributed by atoms with Crippen molar-refractivity contribution in [3.8, 4) is 0 Å². The van der Waals surface area contributed by atoms with Crippen molar-refractivity contribution in [1.82, 2.24) is 5.32 Å². The maximum absolute atomic E-state index is 13.1. The van der Waals surface area contributed by atoms with E-state index in [-0.39, 0.29) is 6.61 Å². The summed E-state index contributed by atoms with van der Waals surface area (Å²) in [6.45, 7) is 3.69. The largest absolute Gasteiger partial charge is 0.394 e. The standard InChI is InChI=1S/C52H101NO9/c1-3-5-7-9-11-13-15-17-19-20-21-22-23-24-25-27-29-31-33-35-37-39-41-46(56)51(60)53-44(43-61-52-50(59)49(58)48(57)47(42-54)62-52)45(55)40-38-36-34-32-30-28-26-18-16-14-12-10-8-6-4-2/h24-25,44-50,52,54-59H,3-23,26-43H2,1-2H3,(H,53,60)/b25-24-. The van der Waals surface area contributed by atoms with E-state index in [4.69, 9.17) is 9.47 Å². The lowest BCUT2D eigenvalue weighted by Crippen LogP contribution is -2.60. The van der Waals surface area contributed by atoms with Crippen molar-refractivity contribution in [2.45, 2.75) is 300 Å². The average Bonchev–Trinajstić information content (AvgIpc) is 3.27. The molecule has 368 valence electrons. The third-order valence-corrected chi connectivity index (χ3v) is 13.0. The predicted octanol–water partition coefficient (Wildman–Crippen LogP) is 11.0. The van der Waals surface area contributed by atoms with Gasteiger partial charge in [0, 0.05) is 0 Å². The molecule has 10 heteroatoms. The van der Waals surface area contributed by atoms with E-state index in [0.717, 1.165) is 57.8 Å². The molecular weight excluding hydrogens is 783 g/mol. The molecule has 0 spiro atoms. The van der Waals surface area contributed by atoms with E-state index in [1.807, 2.05) is 0 Å². The van der Waals surface area contributed by atoms with Crippen LogP contribution in [0.4, 0.5) is 0 Å². The number of amides is 1. The number of allylic oxidation sites excluding steroid dienone is 2. The summed E-state index contributed by atoms with van der Waals surface area (Å²) in [4.78, 5) is 13.1. The van der Waals surface area contributed by atoms with Gasteiger partial charge in [0.25, 0.3) is 0 Å². The highest BCUT2D eigenvalue weighted by atomic mass is 16.7. The van der Waals surface area contributed by atoms with Crippen LogP contribution in [-0.4, -0.2) is 98.7 Å². The van der Waals surface area contributed by atoms with E-state index in [9.17, 15) is 35.4 Å². The molecule has 62 heavy (non-hydrogen) atoms. The summed E-state index contributed by atoms with van der Waals surface area (Å²) in [6, 6.07) is -0.894. The van der Waals surface area contributed by atoms with Gasteiger partial charge in [-0.2, -0.15) is 0 Å². The van der Waals surface area contributed by atoms with Crippen LogP contribution < -0.4 is 5.32 Å². The van der Waals surface area contributed by atoms with Gasteiger partial charge in [-0.15, -0.1) is 0 Å². The van der Waals surface area contributed by atoms with Crippen molar-refractivity contribution in [2.75, 3.05) is 13.2 Å². The van der Waals surface area contributed by atoms with Crippen molar-refractivity contribution in [3.63, 3.8) is 0 Å². The van der Waals surface area contributed by atoms with E-state index in [2.05, 4.69) is 31.3 Å². The highest BCUT2D eigenvalue weighted by Crippen LogP contribution is 2.23. The SMILES string of the molecule is CCCCCCCCCCCCCC/C=C\CCCCCCCCC(O)C(=O)NC(COC1OC(CO)C(O)C(O)C1O)C(O)CCCCCCCCCCCCCCCCC. The summed E-state index contributed by atoms with van der Waals surface area (Å²) in [5.41, 5.74) is 0. The molecule has 1 saturated heterocycles. The van der Waals surface area contributed by atoms with Crippen LogP contribution in [0.15, 0.2) is 12.2 Å². The number of rotatable bonds is 45. The van der Waals surface area contributed by atoms with Gasteiger partial charge in [-0.05, 0) is 38.5 Å². The molecule has 1 amide bonds. The van der Waals surface area contributed by atoms with Gasteiger partial charge in [0.05, 0.1) is 25.4 Å². The zero-order chi connectivity index (χ0) is 45.3. The molecule has 1 aliphatic heterocycles. The minimum absolute atomic E-state index is 0.254. The van der Waals surface area contributed by atoms with Crippen LogP contribution >= 0.6 is 0 Å². The molecule has 0 aliphatic carbocycles. The van der Waals surface area contributed by atoms with E-state index in [0.29, 0.717) is 12.8 Å². The van der Waals surface area contributed by atoms with Gasteiger partial charge >= 0.3 is 0 Å². The van der Waals surface area contributed by atoms with Gasteiger partial charge < -0.3 is 45.4 Å². The quantitative estimate of drug-likeness (QED) is 0.0232. The fraction of sp³-hybridized carbons (Fsp3) is 0.942. The van der Waals surface area contributed by atoms with Gasteiger partial charge in [-0.3, -0.25) is 4.79 Å². The van der Waals surface area contributed by atoms with E-state index in [1.165, 1.54) is 167 Å². The first-order valence-corrected chi connectivity index (χ1v) is 26.5. The summed E-state index contributed by atoms with van der Waals surface area (Å²) in [5.74, 6) is -0.585. The first-order valence-electron chi connectivity index (χ1n) is 26.5. The first kappa shape index (κ1) is 58.9. The van der Waals surface area contributed by atoms with Crippen LogP contribution in [0.5, 0.6) is 0 Å². The van der Waals surface area contributed by atoms with Crippen LogP contribution in [0.25, 0.3) is 0 Å². The molecule has 0 radical (unpaired) electrons. The maximum Gasteiger partial charge on any atom is 0.249 e. The number of hydrogen-bond donors (Lipinski definition) is 7. The number of aliphatic hydroxyl groups excluding tert-OH is 6. The second kappa shape index (κ2) is 42.5. The maximum atomic E-state index is 13.1. The highest BCUT2D eigenvalue weighted by molar-refractivity contribution is 5.80. The molecule has 8 atom stereocenters. The Kier molecular flexibility index (Phi) is 40.4. The highest BCUT2D eigenvalue weighted by Gasteiger charge is 2.44. The smallest absolute Gasteiger partial charge is 0.249 e. The molecule has 0 aromatic heterocycles. The minimum atomic E-state index is -1.60. The third-order valence-electron chi connectivity index (χ3n) is 13.0. The molecule has 10 nitrogen and oxygen atoms in total. The Labute approximate surface area is 380 Å². The Balaban J connectivity index is 2.29. The minimum Gasteiger partial charge on any atom is -0.394 e. The number of unbranched alkanes of at least 4 members (excludes halogenated alkanes) is 32. The molecule has 8 unspecified atom stereocenters. The number of aliphatic hydroxyl groups is 6. The van der Waals surface area contributed by atoms with Crippen LogP contribution in [0, 0.1) is 0 Å². The molecule has 0 aromatic carbocycles. The lowest BCUT2D eigenvalue weighted by Gasteiger charge is -2.40. The number of carbonyl (C=O) groups excluding carboxylic acids is 1. The summed E-state index contributed by atoms with van der Waals surface area (Å²) >= 11 is 0. The summed E-state index contributed by atoms with van der Waals surface area (Å²) in [5, 5.41) is 65.0. The lowest BCUT2D eigenvalue weighted by molar-refractivity contribution is -0.302. The molecule has 0 bridgehead atoms. The molecular formula is C52H101NO9. The summed E-state index contributed by atoms with van der Waals surface area (Å²) < 4.78 is 11.2. The molecule has 1 heterocycles. The molecule has 0 saturated carbocycles. The lowest BCUT2D eigenvalue weighted by atomic mass is 9.99. The number of carbonyl (C=O) groups is 1. The van der Waals surface area contributed by atoms with Crippen molar-refractivity contribution >= 4 is 5.91 Å². The average molecular weight is 884 g/mol. The monoisotopic (exact) mass is 884 g/mol. The Bertz CT molecular complexity index is 999. The van der Waals surface area contributed by atoms with E-state index >= 15 is 0 Å². The summed E-state index contributed by atoms with van der Waals surface area (Å²) in [7, 11) is 0. The predicted molar refractivity (Wildman–Crippen MR) is 255 cm³/mol. The van der Waals surface area contributed by atoms with Crippen LogP contribution in [0.1, 0.15) is 251 Å². The Morgan fingerprint density at radius 1 is 0.532 bits per heavy atom. The first-order chi connectivity index (χ1) is 30.3. The number of nitrogens with one attached hydrogen (secondary N) is 1. The topological polar surface area (TPSA) is 169 Å². The fourth-order valence-electron chi connectivity index (χ4n) is 8.63. The molecule has 1 aliphatic rings. The van der Waals surface area contributed by atoms with Crippen molar-refractivity contribution < 1.29 is 44.9 Å². The van der Waals surface area contributed by atoms with Gasteiger partial charge in [0.2, 0.25) is 5.91 Å². The number of hydrogen-bond acceptors (Lipinski definition) is 9. The van der Waals surface area contributed by atoms with Crippen molar-refractivity contribution in [2.24, 2.45) is 0 Å². The van der Waals surface area contributed by atoms with Crippen LogP contribution in [-0.2, 0) is 14.3 Å². The summed E-state index contributed by atoms with van der Waals surface area (Å²) in [6.07, 6.45) is 39.8. The van der Waals surface area contributed by atoms with Gasteiger partial charge in [0.1, 0.15) is 30.5 Å². The van der Waals surface area contributed by atoms with Gasteiger partial charge in [-0.1, -0.05) is 225 Å². The van der Waals surface area contributed by atoms with Crippen molar-refractivity contribution in [1.29, 1.82) is 0 Å². The molecule has 1 rings (SSSR count). The molecule has 7 N–H and O–H groups in total. The Morgan fingerprint density at radius 2 is 0.903 bits per heavy atom. The van der Waals surface area contributed by atoms with E-state index in [1.54, 1.807) is 0 Å². The third kappa shape index (κ3) is 31.7. The van der Waals surface area contributed by atoms with Gasteiger partial charge in [0.15, 0.2) is 6.29 Å². The Hall–Kier alpha value is -1.11. The normalized spacial score (nSPS) is 20.8. The Morgan fingerprint density at radius 3 is 1.31 bits per heavy atom. The zero-order valence-corrected chi connectivity index (χ0v) is 40.3. The van der Waals surface area contributed by atoms with Gasteiger partial charge in [-0.25, -0.2) is 0 Å². The van der Waals surface area contributed by atoms with Crippen LogP contribution in [0.3, 0.4) is 0 Å². The number of ether oxygens (including phenoxy) is 2. The molecule has 1 fully saturated rings. The second-order valence-electron chi connectivity index (χ2n) is 18.8. The second-order valence-corrected chi connectivity index (χ2v) is 18.8. The van der Waals surface area contributed by atoms with E-state index < -0.39 is 61.5 Å². The van der Waals surface area contributed by atoms with Crippen LogP contribution in [0.2, 0.25) is 0 Å². The van der Waals surface area contributed by atoms with Crippen molar-refractivity contribution in [3.05, 3.63) is 12.2 Å².